The van der Waals surface area contributed by atoms with Crippen LogP contribution in [-0.4, -0.2) is 56.0 Å². The molecule has 0 aromatic rings. The van der Waals surface area contributed by atoms with Gasteiger partial charge in [0.1, 0.15) is 0 Å². The molecule has 2 aliphatic heterocycles. The lowest BCUT2D eigenvalue weighted by Gasteiger charge is -2.61. The molecule has 0 aromatic carbocycles. The predicted molar refractivity (Wildman–Crippen MR) is 142 cm³/mol. The van der Waals surface area contributed by atoms with Gasteiger partial charge in [-0.2, -0.15) is 0 Å². The van der Waals surface area contributed by atoms with Gasteiger partial charge in [-0.15, -0.1) is 0 Å². The molecule has 2 heterocycles. The molecule has 4 saturated carbocycles. The van der Waals surface area contributed by atoms with Crippen molar-refractivity contribution in [3.63, 3.8) is 0 Å². The van der Waals surface area contributed by atoms with Crippen molar-refractivity contribution in [1.82, 2.24) is 10.2 Å². The van der Waals surface area contributed by atoms with E-state index in [1.54, 1.807) is 0 Å². The standard InChI is InChI=1S/C31H52N2O3/c1-19-9-14-31(35-18-19)20(2)28-26(36-31)16-25-23-8-7-21-15-22(32-27(34)17-33(5)6)10-12-29(21,3)24(23)11-13-30(25,28)4/h19-26,28H,7-18H2,1-6H3,(H,32,34)/t19-,20+,21-,22+,23-,24+,25+,26+,28+,29+,30+,31-/m1/s1. The molecule has 6 fully saturated rings. The second-order valence-corrected chi connectivity index (χ2v) is 15.0. The third kappa shape index (κ3) is 3.84. The van der Waals surface area contributed by atoms with Crippen LogP contribution < -0.4 is 5.32 Å². The second kappa shape index (κ2) is 8.95. The number of nitrogens with one attached hydrogen (secondary N) is 1. The highest BCUT2D eigenvalue weighted by atomic mass is 16.7. The van der Waals surface area contributed by atoms with E-state index >= 15 is 0 Å². The van der Waals surface area contributed by atoms with E-state index in [-0.39, 0.29) is 11.7 Å². The Morgan fingerprint density at radius 2 is 1.72 bits per heavy atom. The van der Waals surface area contributed by atoms with Gasteiger partial charge in [0, 0.05) is 18.4 Å². The van der Waals surface area contributed by atoms with Crippen molar-refractivity contribution in [1.29, 1.82) is 0 Å². The number of likely N-dealkylation sites (N-methyl/N-ethyl adjacent to an activating group) is 1. The zero-order chi connectivity index (χ0) is 25.5. The van der Waals surface area contributed by atoms with E-state index in [0.29, 0.717) is 47.3 Å². The summed E-state index contributed by atoms with van der Waals surface area (Å²) in [7, 11) is 3.95. The summed E-state index contributed by atoms with van der Waals surface area (Å²) in [6.07, 6.45) is 13.1. The highest BCUT2D eigenvalue weighted by Gasteiger charge is 2.69. The maximum absolute atomic E-state index is 12.4. The fourth-order valence-electron chi connectivity index (χ4n) is 11.0. The number of hydrogen-bond acceptors (Lipinski definition) is 4. The highest BCUT2D eigenvalue weighted by Crippen LogP contribution is 2.71. The Morgan fingerprint density at radius 3 is 2.44 bits per heavy atom. The van der Waals surface area contributed by atoms with Crippen molar-refractivity contribution in [2.24, 2.45) is 52.3 Å². The number of hydrogen-bond donors (Lipinski definition) is 1. The lowest BCUT2D eigenvalue weighted by Crippen LogP contribution is -2.56. The Labute approximate surface area is 219 Å². The minimum atomic E-state index is -0.300. The van der Waals surface area contributed by atoms with Gasteiger partial charge in [-0.05, 0) is 118 Å². The molecule has 6 rings (SSSR count). The molecule has 36 heavy (non-hydrogen) atoms. The van der Waals surface area contributed by atoms with E-state index in [9.17, 15) is 4.79 Å². The van der Waals surface area contributed by atoms with Crippen LogP contribution in [0.5, 0.6) is 0 Å². The highest BCUT2D eigenvalue weighted by molar-refractivity contribution is 5.78. The summed E-state index contributed by atoms with van der Waals surface area (Å²) in [5, 5.41) is 3.37. The summed E-state index contributed by atoms with van der Waals surface area (Å²) in [5.74, 6) is 5.00. The molecule has 1 spiro atoms. The van der Waals surface area contributed by atoms with Crippen LogP contribution >= 0.6 is 0 Å². The predicted octanol–water partition coefficient (Wildman–Crippen LogP) is 5.48. The first-order valence-corrected chi connectivity index (χ1v) is 15.3. The average molecular weight is 501 g/mol. The lowest BCUT2D eigenvalue weighted by atomic mass is 9.44. The van der Waals surface area contributed by atoms with Crippen LogP contribution in [-0.2, 0) is 14.3 Å². The molecular weight excluding hydrogens is 448 g/mol. The van der Waals surface area contributed by atoms with E-state index in [4.69, 9.17) is 9.47 Å². The van der Waals surface area contributed by atoms with Gasteiger partial charge in [0.2, 0.25) is 5.91 Å². The summed E-state index contributed by atoms with van der Waals surface area (Å²) in [4.78, 5) is 14.4. The van der Waals surface area contributed by atoms with Crippen molar-refractivity contribution >= 4 is 5.91 Å². The van der Waals surface area contributed by atoms with Crippen molar-refractivity contribution in [2.75, 3.05) is 27.2 Å². The topological polar surface area (TPSA) is 50.8 Å². The van der Waals surface area contributed by atoms with Gasteiger partial charge in [-0.25, -0.2) is 0 Å². The summed E-state index contributed by atoms with van der Waals surface area (Å²) >= 11 is 0. The van der Waals surface area contributed by atoms with Gasteiger partial charge in [0.25, 0.3) is 0 Å². The van der Waals surface area contributed by atoms with Gasteiger partial charge in [0.15, 0.2) is 5.79 Å². The minimum absolute atomic E-state index is 0.191. The van der Waals surface area contributed by atoms with Gasteiger partial charge < -0.3 is 19.7 Å². The van der Waals surface area contributed by atoms with E-state index in [0.717, 1.165) is 43.1 Å². The van der Waals surface area contributed by atoms with Crippen LogP contribution in [0.3, 0.4) is 0 Å². The van der Waals surface area contributed by atoms with Crippen LogP contribution in [0.15, 0.2) is 0 Å². The average Bonchev–Trinajstić information content (AvgIpc) is 3.26. The molecule has 1 amide bonds. The summed E-state index contributed by atoms with van der Waals surface area (Å²) in [6.45, 7) is 11.4. The molecule has 5 heteroatoms. The maximum atomic E-state index is 12.4. The van der Waals surface area contributed by atoms with Gasteiger partial charge in [-0.3, -0.25) is 4.79 Å². The molecule has 4 aliphatic carbocycles. The zero-order valence-corrected chi connectivity index (χ0v) is 23.9. The van der Waals surface area contributed by atoms with E-state index < -0.39 is 0 Å². The summed E-state index contributed by atoms with van der Waals surface area (Å²) < 4.78 is 13.5. The second-order valence-electron chi connectivity index (χ2n) is 15.0. The van der Waals surface area contributed by atoms with E-state index in [1.165, 1.54) is 51.4 Å². The molecular formula is C31H52N2O3. The van der Waals surface area contributed by atoms with E-state index in [1.807, 2.05) is 19.0 Å². The largest absolute Gasteiger partial charge is 0.352 e. The van der Waals surface area contributed by atoms with Crippen molar-refractivity contribution in [3.8, 4) is 0 Å². The Bertz CT molecular complexity index is 853. The SMILES string of the molecule is C[C@@H]1CC[C@@]2(OC1)O[C@H]1C[C@H]3[C@@H]4CC[C@@H]5C[C@@H](NC(=O)CN(C)C)CC[C@]5(C)[C@H]4CC[C@]3(C)[C@H]1[C@@H]2C. The molecule has 0 radical (unpaired) electrons. The van der Waals surface area contributed by atoms with Gasteiger partial charge >= 0.3 is 0 Å². The first-order chi connectivity index (χ1) is 17.1. The number of nitrogens with zero attached hydrogens (tertiary/aromatic N) is 1. The van der Waals surface area contributed by atoms with Crippen LogP contribution in [0.4, 0.5) is 0 Å². The summed E-state index contributed by atoms with van der Waals surface area (Å²) in [6, 6.07) is 0.371. The van der Waals surface area contributed by atoms with Crippen molar-refractivity contribution in [3.05, 3.63) is 0 Å². The maximum Gasteiger partial charge on any atom is 0.234 e. The smallest absolute Gasteiger partial charge is 0.234 e. The Balaban J connectivity index is 1.15. The number of rotatable bonds is 3. The quantitative estimate of drug-likeness (QED) is 0.558. The molecule has 0 aromatic heterocycles. The molecule has 1 N–H and O–H groups in total. The normalized spacial score (nSPS) is 54.0. The van der Waals surface area contributed by atoms with Gasteiger partial charge in [0.05, 0.1) is 19.3 Å². The van der Waals surface area contributed by atoms with Crippen LogP contribution in [0.2, 0.25) is 0 Å². The molecule has 2 saturated heterocycles. The molecule has 0 unspecified atom stereocenters. The zero-order valence-electron chi connectivity index (χ0n) is 23.9. The molecule has 0 bridgehead atoms. The van der Waals surface area contributed by atoms with Crippen molar-refractivity contribution in [2.45, 2.75) is 110 Å². The third-order valence-electron chi connectivity index (χ3n) is 12.8. The Hall–Kier alpha value is -0.650. The lowest BCUT2D eigenvalue weighted by molar-refractivity contribution is -0.273. The number of carbonyl (C=O) groups excluding carboxylic acids is 1. The van der Waals surface area contributed by atoms with Crippen LogP contribution in [0.25, 0.3) is 0 Å². The first kappa shape index (κ1) is 25.6. The number of ether oxygens (including phenoxy) is 2. The molecule has 12 atom stereocenters. The molecule has 6 aliphatic rings. The molecule has 5 nitrogen and oxygen atoms in total. The third-order valence-corrected chi connectivity index (χ3v) is 12.8. The van der Waals surface area contributed by atoms with Crippen molar-refractivity contribution < 1.29 is 14.3 Å². The van der Waals surface area contributed by atoms with Gasteiger partial charge in [-0.1, -0.05) is 27.7 Å². The fourth-order valence-corrected chi connectivity index (χ4v) is 11.0. The van der Waals surface area contributed by atoms with Crippen LogP contribution in [0.1, 0.15) is 91.9 Å². The van der Waals surface area contributed by atoms with Crippen LogP contribution in [0, 0.1) is 52.3 Å². The molecule has 204 valence electrons. The number of amides is 1. The number of carbonyl (C=O) groups is 1. The first-order valence-electron chi connectivity index (χ1n) is 15.3. The Morgan fingerprint density at radius 1 is 0.944 bits per heavy atom. The number of fused-ring (bicyclic) bond motifs is 7. The Kier molecular flexibility index (Phi) is 6.37. The fraction of sp³-hybridized carbons (Fsp3) is 0.968. The summed E-state index contributed by atoms with van der Waals surface area (Å²) in [5.41, 5.74) is 0.850. The van der Waals surface area contributed by atoms with E-state index in [2.05, 4.69) is 33.0 Å². The minimum Gasteiger partial charge on any atom is -0.352 e. The monoisotopic (exact) mass is 500 g/mol.